The van der Waals surface area contributed by atoms with E-state index in [4.69, 9.17) is 17.3 Å². The second-order valence-corrected chi connectivity index (χ2v) is 6.47. The first-order chi connectivity index (χ1) is 8.60. The summed E-state index contributed by atoms with van der Waals surface area (Å²) in [6, 6.07) is 6.00. The Balaban J connectivity index is 2.24. The van der Waals surface area contributed by atoms with Crippen LogP contribution in [0.2, 0.25) is 5.02 Å². The molecule has 2 aromatic rings. The van der Waals surface area contributed by atoms with Crippen LogP contribution in [0, 0.1) is 0 Å². The molecule has 0 fully saturated rings. The zero-order valence-electron chi connectivity index (χ0n) is 10.0. The normalized spacial score (nSPS) is 10.8. The first kappa shape index (κ1) is 13.8. The Hall–Kier alpha value is -0.580. The Labute approximate surface area is 124 Å². The van der Waals surface area contributed by atoms with E-state index in [-0.39, 0.29) is 0 Å². The molecule has 0 spiro atoms. The van der Waals surface area contributed by atoms with Gasteiger partial charge < -0.3 is 5.73 Å². The van der Waals surface area contributed by atoms with E-state index in [1.807, 2.05) is 18.2 Å². The Morgan fingerprint density at radius 2 is 2.22 bits per heavy atom. The lowest BCUT2D eigenvalue weighted by molar-refractivity contribution is 0.879. The van der Waals surface area contributed by atoms with Gasteiger partial charge in [0, 0.05) is 15.8 Å². The Morgan fingerprint density at radius 1 is 1.44 bits per heavy atom. The lowest BCUT2D eigenvalue weighted by Gasteiger charge is -2.03. The van der Waals surface area contributed by atoms with Gasteiger partial charge in [-0.3, -0.25) is 0 Å². The minimum Gasteiger partial charge on any atom is -0.375 e. The van der Waals surface area contributed by atoms with Gasteiger partial charge in [-0.1, -0.05) is 31.0 Å². The topological polar surface area (TPSA) is 38.9 Å². The van der Waals surface area contributed by atoms with Crippen molar-refractivity contribution in [1.29, 1.82) is 0 Å². The van der Waals surface area contributed by atoms with Gasteiger partial charge in [-0.25, -0.2) is 4.98 Å². The highest BCUT2D eigenvalue weighted by atomic mass is 79.9. The van der Waals surface area contributed by atoms with Crippen molar-refractivity contribution in [3.05, 3.63) is 43.8 Å². The lowest BCUT2D eigenvalue weighted by atomic mass is 10.1. The molecule has 1 aromatic heterocycles. The summed E-state index contributed by atoms with van der Waals surface area (Å²) in [5, 5.41) is 1.39. The third-order valence-electron chi connectivity index (χ3n) is 2.63. The van der Waals surface area contributed by atoms with E-state index in [0.29, 0.717) is 5.13 Å². The molecule has 2 N–H and O–H groups in total. The number of anilines is 1. The number of thiazole rings is 1. The predicted molar refractivity (Wildman–Crippen MR) is 82.5 cm³/mol. The summed E-state index contributed by atoms with van der Waals surface area (Å²) in [5.41, 5.74) is 8.14. The van der Waals surface area contributed by atoms with Gasteiger partial charge in [0.05, 0.1) is 10.7 Å². The second-order valence-electron chi connectivity index (χ2n) is 4.10. The molecule has 0 unspecified atom stereocenters. The van der Waals surface area contributed by atoms with E-state index in [1.165, 1.54) is 10.4 Å². The standard InChI is InChI=1S/C13H14BrClN2S/c1-2-3-11-12(18-13(16)17-11)7-8-4-5-10(15)9(14)6-8/h4-6H,2-3,7H2,1H3,(H2,16,17). The molecule has 5 heteroatoms. The number of hydrogen-bond acceptors (Lipinski definition) is 3. The van der Waals surface area contributed by atoms with E-state index < -0.39 is 0 Å². The monoisotopic (exact) mass is 344 g/mol. The summed E-state index contributed by atoms with van der Waals surface area (Å²) in [6.45, 7) is 2.15. The molecule has 0 bridgehead atoms. The highest BCUT2D eigenvalue weighted by Gasteiger charge is 2.10. The summed E-state index contributed by atoms with van der Waals surface area (Å²) in [5.74, 6) is 0. The minimum absolute atomic E-state index is 0.654. The third kappa shape index (κ3) is 3.25. The van der Waals surface area contributed by atoms with Crippen LogP contribution in [0.15, 0.2) is 22.7 Å². The van der Waals surface area contributed by atoms with E-state index in [1.54, 1.807) is 11.3 Å². The zero-order chi connectivity index (χ0) is 13.1. The number of nitrogens with zero attached hydrogens (tertiary/aromatic N) is 1. The van der Waals surface area contributed by atoms with E-state index >= 15 is 0 Å². The van der Waals surface area contributed by atoms with Gasteiger partial charge in [0.15, 0.2) is 5.13 Å². The van der Waals surface area contributed by atoms with Gasteiger partial charge in [-0.05, 0) is 40.0 Å². The Bertz CT molecular complexity index is 554. The number of nitrogen functional groups attached to an aromatic ring is 1. The zero-order valence-corrected chi connectivity index (χ0v) is 13.2. The van der Waals surface area contributed by atoms with Crippen molar-refractivity contribution in [2.45, 2.75) is 26.2 Å². The first-order valence-corrected chi connectivity index (χ1v) is 7.77. The van der Waals surface area contributed by atoms with Gasteiger partial charge in [-0.2, -0.15) is 0 Å². The summed E-state index contributed by atoms with van der Waals surface area (Å²) in [7, 11) is 0. The van der Waals surface area contributed by atoms with Crippen molar-refractivity contribution in [3.8, 4) is 0 Å². The van der Waals surface area contributed by atoms with Crippen LogP contribution in [-0.4, -0.2) is 4.98 Å². The van der Waals surface area contributed by atoms with Crippen LogP contribution in [-0.2, 0) is 12.8 Å². The largest absolute Gasteiger partial charge is 0.375 e. The number of hydrogen-bond donors (Lipinski definition) is 1. The van der Waals surface area contributed by atoms with Gasteiger partial charge in [0.2, 0.25) is 0 Å². The first-order valence-electron chi connectivity index (χ1n) is 5.78. The lowest BCUT2D eigenvalue weighted by Crippen LogP contribution is -1.93. The Morgan fingerprint density at radius 3 is 2.89 bits per heavy atom. The number of aromatic nitrogens is 1. The molecule has 0 amide bonds. The van der Waals surface area contributed by atoms with Gasteiger partial charge in [0.1, 0.15) is 0 Å². The maximum atomic E-state index is 5.99. The number of aryl methyl sites for hydroxylation is 1. The van der Waals surface area contributed by atoms with Crippen LogP contribution in [0.1, 0.15) is 29.5 Å². The average molecular weight is 346 g/mol. The summed E-state index contributed by atoms with van der Waals surface area (Å²) in [6.07, 6.45) is 2.93. The van der Waals surface area contributed by atoms with Crippen LogP contribution in [0.4, 0.5) is 5.13 Å². The van der Waals surface area contributed by atoms with Crippen LogP contribution < -0.4 is 5.73 Å². The maximum Gasteiger partial charge on any atom is 0.180 e. The number of rotatable bonds is 4. The van der Waals surface area contributed by atoms with E-state index in [0.717, 1.165) is 34.5 Å². The minimum atomic E-state index is 0.654. The molecule has 1 heterocycles. The maximum absolute atomic E-state index is 5.99. The van der Waals surface area contributed by atoms with Crippen LogP contribution in [0.3, 0.4) is 0 Å². The molecule has 2 nitrogen and oxygen atoms in total. The summed E-state index contributed by atoms with van der Waals surface area (Å²) >= 11 is 11.0. The van der Waals surface area contributed by atoms with E-state index in [9.17, 15) is 0 Å². The molecule has 0 radical (unpaired) electrons. The van der Waals surface area contributed by atoms with Crippen LogP contribution in [0.25, 0.3) is 0 Å². The van der Waals surface area contributed by atoms with Crippen molar-refractivity contribution in [2.24, 2.45) is 0 Å². The smallest absolute Gasteiger partial charge is 0.180 e. The molecule has 0 aliphatic heterocycles. The van der Waals surface area contributed by atoms with Crippen molar-refractivity contribution < 1.29 is 0 Å². The third-order valence-corrected chi connectivity index (χ3v) is 4.77. The van der Waals surface area contributed by atoms with Gasteiger partial charge in [0.25, 0.3) is 0 Å². The van der Waals surface area contributed by atoms with Crippen molar-refractivity contribution in [3.63, 3.8) is 0 Å². The molecule has 1 aromatic carbocycles. The molecular weight excluding hydrogens is 332 g/mol. The molecule has 96 valence electrons. The fourth-order valence-electron chi connectivity index (χ4n) is 1.81. The average Bonchev–Trinajstić information content (AvgIpc) is 2.65. The van der Waals surface area contributed by atoms with E-state index in [2.05, 4.69) is 27.8 Å². The Kier molecular flexibility index (Phi) is 4.65. The molecule has 0 aliphatic rings. The molecule has 2 rings (SSSR count). The highest BCUT2D eigenvalue weighted by molar-refractivity contribution is 9.10. The van der Waals surface area contributed by atoms with Gasteiger partial charge in [-0.15, -0.1) is 11.3 Å². The number of benzene rings is 1. The fraction of sp³-hybridized carbons (Fsp3) is 0.308. The summed E-state index contributed by atoms with van der Waals surface area (Å²) < 4.78 is 0.927. The van der Waals surface area contributed by atoms with Crippen molar-refractivity contribution in [2.75, 3.05) is 5.73 Å². The molecule has 0 atom stereocenters. The van der Waals surface area contributed by atoms with Crippen LogP contribution >= 0.6 is 38.9 Å². The molecule has 18 heavy (non-hydrogen) atoms. The van der Waals surface area contributed by atoms with Gasteiger partial charge >= 0.3 is 0 Å². The fourth-order valence-corrected chi connectivity index (χ4v) is 3.26. The highest BCUT2D eigenvalue weighted by Crippen LogP contribution is 2.28. The molecule has 0 saturated heterocycles. The predicted octanol–water partition coefficient (Wildman–Crippen LogP) is 4.68. The molecule has 0 aliphatic carbocycles. The molecule has 0 saturated carbocycles. The number of halogens is 2. The summed E-state index contributed by atoms with van der Waals surface area (Å²) in [4.78, 5) is 5.65. The van der Waals surface area contributed by atoms with Crippen molar-refractivity contribution in [1.82, 2.24) is 4.98 Å². The van der Waals surface area contributed by atoms with Crippen LogP contribution in [0.5, 0.6) is 0 Å². The number of nitrogens with two attached hydrogens (primary N) is 1. The second kappa shape index (κ2) is 6.04. The quantitative estimate of drug-likeness (QED) is 0.873. The molecular formula is C13H14BrClN2S. The van der Waals surface area contributed by atoms with Crippen molar-refractivity contribution >= 4 is 44.0 Å². The SMILES string of the molecule is CCCc1nc(N)sc1Cc1ccc(Cl)c(Br)c1.